The molecule has 0 radical (unpaired) electrons. The molecule has 2 aromatic rings. The first-order valence-electron chi connectivity index (χ1n) is 8.97. The van der Waals surface area contributed by atoms with Crippen LogP contribution in [0.25, 0.3) is 0 Å². The van der Waals surface area contributed by atoms with Crippen molar-refractivity contribution in [3.05, 3.63) is 76.3 Å². The van der Waals surface area contributed by atoms with E-state index in [4.69, 9.17) is 4.74 Å². The molecule has 1 unspecified atom stereocenters. The Balaban J connectivity index is 2.01. The van der Waals surface area contributed by atoms with E-state index in [-0.39, 0.29) is 18.1 Å². The first-order valence-corrected chi connectivity index (χ1v) is 9.85. The number of amides is 1. The van der Waals surface area contributed by atoms with Gasteiger partial charge in [0.15, 0.2) is 5.57 Å². The van der Waals surface area contributed by atoms with Crippen LogP contribution in [0.4, 0.5) is 5.69 Å². The third-order valence-corrected chi connectivity index (χ3v) is 5.58. The fraction of sp³-hybridized carbons (Fsp3) is 0.227. The minimum atomic E-state index is -0.711. The molecular weight excluding hydrogens is 372 g/mol. The fourth-order valence-electron chi connectivity index (χ4n) is 2.93. The third kappa shape index (κ3) is 4.10. The van der Waals surface area contributed by atoms with Crippen molar-refractivity contribution in [3.8, 4) is 6.07 Å². The standard InChI is InChI=1S/C22H20N2O3S/c1-3-27-22(26)18(14-23)21-24(17-7-5-4-6-8-17)20(25)19(28-21)13-16-11-9-15(2)10-12-16/h4-12,19H,3,13H2,1-2H3/b21-18-. The summed E-state index contributed by atoms with van der Waals surface area (Å²) in [5.41, 5.74) is 2.66. The molecule has 6 heteroatoms. The molecule has 0 bridgehead atoms. The molecule has 5 nitrogen and oxygen atoms in total. The van der Waals surface area contributed by atoms with Crippen LogP contribution < -0.4 is 4.90 Å². The lowest BCUT2D eigenvalue weighted by molar-refractivity contribution is -0.138. The number of carbonyl (C=O) groups excluding carboxylic acids is 2. The Morgan fingerprint density at radius 3 is 2.46 bits per heavy atom. The average Bonchev–Trinajstić information content (AvgIpc) is 3.01. The van der Waals surface area contributed by atoms with Gasteiger partial charge in [-0.05, 0) is 38.0 Å². The van der Waals surface area contributed by atoms with Gasteiger partial charge in [-0.2, -0.15) is 5.26 Å². The second-order valence-electron chi connectivity index (χ2n) is 6.32. The Morgan fingerprint density at radius 1 is 1.18 bits per heavy atom. The smallest absolute Gasteiger partial charge is 0.351 e. The maximum Gasteiger partial charge on any atom is 0.351 e. The van der Waals surface area contributed by atoms with Crippen molar-refractivity contribution in [1.29, 1.82) is 5.26 Å². The van der Waals surface area contributed by atoms with Crippen molar-refractivity contribution in [1.82, 2.24) is 0 Å². The zero-order valence-corrected chi connectivity index (χ0v) is 16.5. The summed E-state index contributed by atoms with van der Waals surface area (Å²) in [4.78, 5) is 26.9. The Kier molecular flexibility index (Phi) is 6.17. The van der Waals surface area contributed by atoms with Gasteiger partial charge in [0.2, 0.25) is 5.91 Å². The monoisotopic (exact) mass is 392 g/mol. The Labute approximate surface area is 168 Å². The second kappa shape index (κ2) is 8.77. The molecule has 1 amide bonds. The van der Waals surface area contributed by atoms with E-state index in [2.05, 4.69) is 0 Å². The van der Waals surface area contributed by atoms with Crippen molar-refractivity contribution in [3.63, 3.8) is 0 Å². The van der Waals surface area contributed by atoms with Crippen LogP contribution in [0, 0.1) is 18.3 Å². The summed E-state index contributed by atoms with van der Waals surface area (Å²) in [6.07, 6.45) is 0.512. The number of ether oxygens (including phenoxy) is 1. The van der Waals surface area contributed by atoms with Gasteiger partial charge in [0.05, 0.1) is 11.9 Å². The predicted molar refractivity (Wildman–Crippen MR) is 109 cm³/mol. The quantitative estimate of drug-likeness (QED) is 0.437. The maximum atomic E-state index is 13.2. The van der Waals surface area contributed by atoms with E-state index in [1.54, 1.807) is 19.1 Å². The van der Waals surface area contributed by atoms with Crippen LogP contribution in [0.5, 0.6) is 0 Å². The first-order chi connectivity index (χ1) is 13.5. The number of nitriles is 1. The van der Waals surface area contributed by atoms with Crippen LogP contribution >= 0.6 is 11.8 Å². The summed E-state index contributed by atoms with van der Waals surface area (Å²) in [6, 6.07) is 19.0. The van der Waals surface area contributed by atoms with E-state index in [0.717, 1.165) is 11.1 Å². The third-order valence-electron chi connectivity index (χ3n) is 4.31. The van der Waals surface area contributed by atoms with Crippen molar-refractivity contribution in [2.75, 3.05) is 11.5 Å². The number of hydrogen-bond acceptors (Lipinski definition) is 5. The van der Waals surface area contributed by atoms with Crippen molar-refractivity contribution in [2.45, 2.75) is 25.5 Å². The summed E-state index contributed by atoms with van der Waals surface area (Å²) in [5.74, 6) is -0.860. The first kappa shape index (κ1) is 19.7. The van der Waals surface area contributed by atoms with Gasteiger partial charge in [-0.15, -0.1) is 0 Å². The molecule has 1 fully saturated rings. The molecule has 1 aliphatic heterocycles. The molecule has 0 spiro atoms. The molecule has 28 heavy (non-hydrogen) atoms. The second-order valence-corrected chi connectivity index (χ2v) is 7.51. The topological polar surface area (TPSA) is 70.4 Å². The van der Waals surface area contributed by atoms with Crippen molar-refractivity contribution < 1.29 is 14.3 Å². The number of thioether (sulfide) groups is 1. The van der Waals surface area contributed by atoms with Crippen LogP contribution in [0.15, 0.2) is 65.2 Å². The molecule has 142 valence electrons. The molecule has 0 aliphatic carbocycles. The zero-order valence-electron chi connectivity index (χ0n) is 15.7. The number of esters is 1. The lowest BCUT2D eigenvalue weighted by atomic mass is 10.1. The van der Waals surface area contributed by atoms with Gasteiger partial charge >= 0.3 is 5.97 Å². The molecule has 0 N–H and O–H groups in total. The number of benzene rings is 2. The highest BCUT2D eigenvalue weighted by Gasteiger charge is 2.41. The van der Waals surface area contributed by atoms with Gasteiger partial charge in [0.1, 0.15) is 11.1 Å². The minimum absolute atomic E-state index is 0.143. The van der Waals surface area contributed by atoms with Gasteiger partial charge in [0, 0.05) is 5.69 Å². The van der Waals surface area contributed by atoms with E-state index >= 15 is 0 Å². The Morgan fingerprint density at radius 2 is 1.86 bits per heavy atom. The van der Waals surface area contributed by atoms with Crippen LogP contribution in [-0.2, 0) is 20.7 Å². The summed E-state index contributed by atoms with van der Waals surface area (Å²) in [6.45, 7) is 3.85. The number of aryl methyl sites for hydroxylation is 1. The summed E-state index contributed by atoms with van der Waals surface area (Å²) < 4.78 is 5.02. The lowest BCUT2D eigenvalue weighted by Crippen LogP contribution is -2.30. The lowest BCUT2D eigenvalue weighted by Gasteiger charge is -2.18. The molecule has 0 saturated carbocycles. The zero-order chi connectivity index (χ0) is 20.1. The number of carbonyl (C=O) groups is 2. The van der Waals surface area contributed by atoms with E-state index in [1.807, 2.05) is 55.5 Å². The predicted octanol–water partition coefficient (Wildman–Crippen LogP) is 3.98. The van der Waals surface area contributed by atoms with E-state index in [0.29, 0.717) is 17.1 Å². The number of anilines is 1. The van der Waals surface area contributed by atoms with Gasteiger partial charge in [-0.3, -0.25) is 9.69 Å². The SMILES string of the molecule is CCOC(=O)/C(C#N)=C1\SC(Cc2ccc(C)cc2)C(=O)N1c1ccccc1. The Bertz CT molecular complexity index is 946. The van der Waals surface area contributed by atoms with E-state index in [9.17, 15) is 14.9 Å². The summed E-state index contributed by atoms with van der Waals surface area (Å²) in [7, 11) is 0. The Hall–Kier alpha value is -3.04. The molecule has 1 aliphatic rings. The van der Waals surface area contributed by atoms with Gasteiger partial charge < -0.3 is 4.74 Å². The fourth-order valence-corrected chi connectivity index (χ4v) is 4.22. The number of rotatable bonds is 5. The van der Waals surface area contributed by atoms with Crippen LogP contribution in [0.2, 0.25) is 0 Å². The molecular formula is C22H20N2O3S. The molecule has 2 aromatic carbocycles. The summed E-state index contributed by atoms with van der Waals surface area (Å²) >= 11 is 1.24. The molecule has 1 saturated heterocycles. The highest BCUT2D eigenvalue weighted by Crippen LogP contribution is 2.41. The molecule has 1 atom stereocenters. The van der Waals surface area contributed by atoms with Crippen molar-refractivity contribution in [2.24, 2.45) is 0 Å². The number of nitrogens with zero attached hydrogens (tertiary/aromatic N) is 2. The van der Waals surface area contributed by atoms with Crippen molar-refractivity contribution >= 4 is 29.3 Å². The largest absolute Gasteiger partial charge is 0.462 e. The van der Waals surface area contributed by atoms with Gasteiger partial charge in [-0.1, -0.05) is 59.8 Å². The van der Waals surface area contributed by atoms with E-state index in [1.165, 1.54) is 16.7 Å². The molecule has 0 aromatic heterocycles. The highest BCUT2D eigenvalue weighted by atomic mass is 32.2. The minimum Gasteiger partial charge on any atom is -0.462 e. The van der Waals surface area contributed by atoms with E-state index < -0.39 is 11.2 Å². The summed E-state index contributed by atoms with van der Waals surface area (Å²) in [5, 5.41) is 9.49. The van der Waals surface area contributed by atoms with Crippen LogP contribution in [-0.4, -0.2) is 23.7 Å². The van der Waals surface area contributed by atoms with Crippen LogP contribution in [0.3, 0.4) is 0 Å². The number of para-hydroxylation sites is 1. The van der Waals surface area contributed by atoms with Crippen LogP contribution in [0.1, 0.15) is 18.1 Å². The normalized spacial score (nSPS) is 18.0. The maximum absolute atomic E-state index is 13.2. The number of hydrogen-bond donors (Lipinski definition) is 0. The van der Waals surface area contributed by atoms with Gasteiger partial charge in [0.25, 0.3) is 0 Å². The highest BCUT2D eigenvalue weighted by molar-refractivity contribution is 8.05. The average molecular weight is 392 g/mol. The van der Waals surface area contributed by atoms with Gasteiger partial charge in [-0.25, -0.2) is 4.79 Å². The molecule has 1 heterocycles. The molecule has 3 rings (SSSR count).